The number of carboxylic acids is 1. The van der Waals surface area contributed by atoms with Crippen molar-refractivity contribution in [3.63, 3.8) is 0 Å². The largest absolute Gasteiger partial charge is 0.492 e. The normalized spacial score (nSPS) is 23.4. The van der Waals surface area contributed by atoms with Crippen LogP contribution in [0.3, 0.4) is 0 Å². The van der Waals surface area contributed by atoms with Gasteiger partial charge in [0, 0.05) is 12.8 Å². The minimum absolute atomic E-state index is 0.130. The lowest BCUT2D eigenvalue weighted by Gasteiger charge is -2.34. The summed E-state index contributed by atoms with van der Waals surface area (Å²) in [7, 11) is 0. The first-order valence-corrected chi connectivity index (χ1v) is 10.2. The van der Waals surface area contributed by atoms with Gasteiger partial charge in [-0.25, -0.2) is 4.79 Å². The molecular formula is C23H27NO6. The average molecular weight is 413 g/mol. The highest BCUT2D eigenvalue weighted by Crippen LogP contribution is 2.30. The van der Waals surface area contributed by atoms with E-state index in [1.807, 2.05) is 42.5 Å². The quantitative estimate of drug-likeness (QED) is 0.748. The van der Waals surface area contributed by atoms with Crippen molar-refractivity contribution < 1.29 is 28.8 Å². The highest BCUT2D eigenvalue weighted by atomic mass is 16.7. The first-order valence-electron chi connectivity index (χ1n) is 10.2. The molecule has 0 atom stereocenters. The molecule has 1 fully saturated rings. The van der Waals surface area contributed by atoms with Gasteiger partial charge < -0.3 is 29.0 Å². The topological polar surface area (TPSA) is 77.5 Å². The van der Waals surface area contributed by atoms with Crippen molar-refractivity contribution in [2.24, 2.45) is 5.92 Å². The molecule has 7 heteroatoms. The van der Waals surface area contributed by atoms with Crippen LogP contribution in [0.1, 0.15) is 12.5 Å². The zero-order valence-corrected chi connectivity index (χ0v) is 17.1. The number of benzene rings is 2. The molecule has 0 aliphatic carbocycles. The van der Waals surface area contributed by atoms with Gasteiger partial charge in [-0.3, -0.25) is 0 Å². The fourth-order valence-electron chi connectivity index (χ4n) is 3.67. The van der Waals surface area contributed by atoms with Crippen molar-refractivity contribution in [2.75, 3.05) is 44.4 Å². The molecule has 4 rings (SSSR count). The van der Waals surface area contributed by atoms with Gasteiger partial charge in [0.15, 0.2) is 0 Å². The smallest absolute Gasteiger partial charge is 0.364 e. The van der Waals surface area contributed by atoms with Crippen LogP contribution >= 0.6 is 0 Å². The van der Waals surface area contributed by atoms with Crippen molar-refractivity contribution in [3.05, 3.63) is 54.1 Å². The molecule has 2 heterocycles. The summed E-state index contributed by atoms with van der Waals surface area (Å²) in [5.41, 5.74) is 2.25. The Bertz CT molecular complexity index is 860. The number of hydrogen-bond donors (Lipinski definition) is 1. The van der Waals surface area contributed by atoms with E-state index in [0.717, 1.165) is 42.3 Å². The first kappa shape index (κ1) is 20.5. The number of carboxylic acid groups (broad SMARTS) is 1. The number of para-hydroxylation sites is 2. The molecule has 0 bridgehead atoms. The number of hydrogen-bond acceptors (Lipinski definition) is 6. The van der Waals surface area contributed by atoms with Crippen molar-refractivity contribution in [1.82, 2.24) is 0 Å². The second kappa shape index (κ2) is 8.93. The molecule has 0 saturated carbocycles. The summed E-state index contributed by atoms with van der Waals surface area (Å²) in [4.78, 5) is 13.4. The lowest BCUT2D eigenvalue weighted by atomic mass is 9.99. The van der Waals surface area contributed by atoms with Gasteiger partial charge in [-0.1, -0.05) is 24.3 Å². The number of aliphatic carboxylic acids is 1. The van der Waals surface area contributed by atoms with Crippen molar-refractivity contribution >= 4 is 11.7 Å². The molecule has 1 saturated heterocycles. The molecule has 0 aromatic heterocycles. The monoisotopic (exact) mass is 413 g/mol. The van der Waals surface area contributed by atoms with Gasteiger partial charge >= 0.3 is 5.97 Å². The number of ether oxygens (including phenoxy) is 4. The van der Waals surface area contributed by atoms with Crippen LogP contribution in [-0.4, -0.2) is 56.4 Å². The molecule has 2 aliphatic heterocycles. The van der Waals surface area contributed by atoms with Crippen LogP contribution in [0.25, 0.3) is 0 Å². The second-order valence-electron chi connectivity index (χ2n) is 7.74. The van der Waals surface area contributed by atoms with Gasteiger partial charge in [0.25, 0.3) is 5.79 Å². The Morgan fingerprint density at radius 3 is 2.63 bits per heavy atom. The van der Waals surface area contributed by atoms with E-state index < -0.39 is 11.8 Å². The molecule has 0 amide bonds. The Morgan fingerprint density at radius 2 is 1.90 bits per heavy atom. The Morgan fingerprint density at radius 1 is 1.17 bits per heavy atom. The molecule has 30 heavy (non-hydrogen) atoms. The molecule has 160 valence electrons. The Kier molecular flexibility index (Phi) is 6.11. The summed E-state index contributed by atoms with van der Waals surface area (Å²) in [5, 5.41) is 9.13. The molecule has 7 nitrogen and oxygen atoms in total. The van der Waals surface area contributed by atoms with Crippen LogP contribution in [0.4, 0.5) is 5.69 Å². The molecule has 0 unspecified atom stereocenters. The summed E-state index contributed by atoms with van der Waals surface area (Å²) >= 11 is 0. The van der Waals surface area contributed by atoms with Gasteiger partial charge in [0.2, 0.25) is 0 Å². The minimum atomic E-state index is -1.53. The van der Waals surface area contributed by atoms with Crippen LogP contribution in [0.5, 0.6) is 11.5 Å². The number of fused-ring (bicyclic) bond motifs is 1. The van der Waals surface area contributed by atoms with E-state index in [0.29, 0.717) is 26.4 Å². The maximum atomic E-state index is 11.2. The van der Waals surface area contributed by atoms with Crippen LogP contribution < -0.4 is 14.4 Å². The molecule has 1 N–H and O–H groups in total. The third-order valence-electron chi connectivity index (χ3n) is 5.48. The molecule has 2 aromatic carbocycles. The molecule has 2 aromatic rings. The number of anilines is 1. The lowest BCUT2D eigenvalue weighted by Crippen LogP contribution is -2.48. The minimum Gasteiger partial charge on any atom is -0.492 e. The second-order valence-corrected chi connectivity index (χ2v) is 7.74. The Balaban J connectivity index is 1.24. The van der Waals surface area contributed by atoms with Crippen LogP contribution in [-0.2, 0) is 20.7 Å². The average Bonchev–Trinajstić information content (AvgIpc) is 2.77. The zero-order chi connectivity index (χ0) is 21.0. The van der Waals surface area contributed by atoms with E-state index in [1.54, 1.807) is 0 Å². The van der Waals surface area contributed by atoms with Gasteiger partial charge in [-0.15, -0.1) is 0 Å². The van der Waals surface area contributed by atoms with Crippen LogP contribution in [0.2, 0.25) is 0 Å². The van der Waals surface area contributed by atoms with E-state index in [9.17, 15) is 4.79 Å². The van der Waals surface area contributed by atoms with E-state index in [2.05, 4.69) is 11.0 Å². The van der Waals surface area contributed by atoms with Crippen LogP contribution in [0, 0.1) is 5.92 Å². The first-order chi connectivity index (χ1) is 14.5. The molecule has 0 spiro atoms. The third kappa shape index (κ3) is 4.68. The van der Waals surface area contributed by atoms with Crippen LogP contribution in [0.15, 0.2) is 48.5 Å². The zero-order valence-electron chi connectivity index (χ0n) is 17.1. The molecular weight excluding hydrogens is 386 g/mol. The van der Waals surface area contributed by atoms with E-state index in [4.69, 9.17) is 24.1 Å². The van der Waals surface area contributed by atoms with Gasteiger partial charge in [0.1, 0.15) is 24.7 Å². The molecule has 0 radical (unpaired) electrons. The lowest BCUT2D eigenvalue weighted by molar-refractivity contribution is -0.270. The third-order valence-corrected chi connectivity index (χ3v) is 5.48. The van der Waals surface area contributed by atoms with Gasteiger partial charge in [-0.05, 0) is 36.2 Å². The van der Waals surface area contributed by atoms with Crippen molar-refractivity contribution in [2.45, 2.75) is 19.1 Å². The summed E-state index contributed by atoms with van der Waals surface area (Å²) in [5.74, 6) is -0.745. The van der Waals surface area contributed by atoms with E-state index in [-0.39, 0.29) is 5.92 Å². The SMILES string of the molecule is CC1(C(=O)O)OCC(Cc2ccc(OCCN3CCOc4ccccc43)cc2)CO1. The predicted octanol–water partition coefficient (Wildman–Crippen LogP) is 2.97. The van der Waals surface area contributed by atoms with E-state index >= 15 is 0 Å². The van der Waals surface area contributed by atoms with Crippen molar-refractivity contribution in [3.8, 4) is 11.5 Å². The fourth-order valence-corrected chi connectivity index (χ4v) is 3.67. The molecule has 2 aliphatic rings. The summed E-state index contributed by atoms with van der Waals surface area (Å²) in [6.07, 6.45) is 0.764. The number of carbonyl (C=O) groups is 1. The highest BCUT2D eigenvalue weighted by molar-refractivity contribution is 5.75. The maximum Gasteiger partial charge on any atom is 0.364 e. The fraction of sp³-hybridized carbons (Fsp3) is 0.435. The summed E-state index contributed by atoms with van der Waals surface area (Å²) in [6, 6.07) is 16.1. The predicted molar refractivity (Wildman–Crippen MR) is 111 cm³/mol. The van der Waals surface area contributed by atoms with Gasteiger partial charge in [-0.2, -0.15) is 0 Å². The standard InChI is InChI=1S/C23H27NO6/c1-23(22(25)26)29-15-18(16-30-23)14-17-6-8-19(9-7-17)27-12-10-24-11-13-28-21-5-3-2-4-20(21)24/h2-9,18H,10-16H2,1H3,(H,25,26). The van der Waals surface area contributed by atoms with Gasteiger partial charge in [0.05, 0.1) is 32.0 Å². The summed E-state index contributed by atoms with van der Waals surface area (Å²) in [6.45, 7) is 5.09. The van der Waals surface area contributed by atoms with E-state index in [1.165, 1.54) is 6.92 Å². The summed E-state index contributed by atoms with van der Waals surface area (Å²) < 4.78 is 22.4. The highest BCUT2D eigenvalue weighted by Gasteiger charge is 2.40. The number of nitrogens with zero attached hydrogens (tertiary/aromatic N) is 1. The van der Waals surface area contributed by atoms with Crippen molar-refractivity contribution in [1.29, 1.82) is 0 Å². The maximum absolute atomic E-state index is 11.2. The number of rotatable bonds is 7. The Labute approximate surface area is 176 Å². The Hall–Kier alpha value is -2.77.